The molecule has 0 aliphatic carbocycles. The number of nitrogens with two attached hydrogens (primary N) is 1. The van der Waals surface area contributed by atoms with Crippen LogP contribution in [0.3, 0.4) is 0 Å². The Labute approximate surface area is 59.1 Å². The van der Waals surface area contributed by atoms with Crippen LogP contribution >= 0.6 is 0 Å². The Bertz CT molecular complexity index is 183. The summed E-state index contributed by atoms with van der Waals surface area (Å²) < 4.78 is 42.9. The van der Waals surface area contributed by atoms with E-state index in [4.69, 9.17) is 19.1 Å². The van der Waals surface area contributed by atoms with Crippen LogP contribution in [0.25, 0.3) is 0 Å². The second-order valence-corrected chi connectivity index (χ2v) is 1.99. The van der Waals surface area contributed by atoms with Gasteiger partial charge in [0, 0.05) is 14.3 Å². The van der Waals surface area contributed by atoms with Crippen molar-refractivity contribution < 1.29 is 13.3 Å². The second-order valence-electron chi connectivity index (χ2n) is 1.99. The summed E-state index contributed by atoms with van der Waals surface area (Å²) in [4.78, 5) is 0. The highest BCUT2D eigenvalue weighted by atomic mass is 16.3. The van der Waals surface area contributed by atoms with Gasteiger partial charge >= 0.3 is 0 Å². The lowest BCUT2D eigenvalue weighted by atomic mass is 9.88. The van der Waals surface area contributed by atoms with Gasteiger partial charge in [0.15, 0.2) is 0 Å². The summed E-state index contributed by atoms with van der Waals surface area (Å²) in [6, 6.07) is -1.30. The van der Waals surface area contributed by atoms with Crippen LogP contribution in [0, 0.1) is 5.41 Å². The van der Waals surface area contributed by atoms with E-state index in [1.54, 1.807) is 0 Å². The molecule has 0 aromatic rings. The Balaban J connectivity index is 5.29. The molecule has 50 valence electrons. The lowest BCUT2D eigenvalue weighted by molar-refractivity contribution is 0.189. The van der Waals surface area contributed by atoms with Gasteiger partial charge < -0.3 is 10.8 Å². The van der Waals surface area contributed by atoms with Crippen molar-refractivity contribution in [3.63, 3.8) is 0 Å². The Kier molecular flexibility index (Phi) is 0.700. The molecule has 0 aliphatic heterocycles. The Morgan fingerprint density at radius 1 is 1.88 bits per heavy atom. The molecule has 0 aromatic carbocycles. The van der Waals surface area contributed by atoms with Crippen molar-refractivity contribution in [3.05, 3.63) is 0 Å². The fourth-order valence-electron chi connectivity index (χ4n) is 0.183. The van der Waals surface area contributed by atoms with E-state index in [1.165, 1.54) is 0 Å². The van der Waals surface area contributed by atoms with Crippen LogP contribution < -0.4 is 5.73 Å². The smallest absolute Gasteiger partial charge is 0.0587 e. The molecule has 0 saturated carbocycles. The van der Waals surface area contributed by atoms with Crippen molar-refractivity contribution in [1.29, 1.82) is 0 Å². The highest BCUT2D eigenvalue weighted by molar-refractivity contribution is 4.75. The molecule has 0 aliphatic rings. The average molecular weight is 123 g/mol. The first-order valence-electron chi connectivity index (χ1n) is 5.35. The van der Waals surface area contributed by atoms with Gasteiger partial charge in [0.25, 0.3) is 0 Å². The third-order valence-electron chi connectivity index (χ3n) is 0.938. The van der Waals surface area contributed by atoms with Crippen LogP contribution in [0.2, 0.25) is 0 Å². The van der Waals surface area contributed by atoms with Gasteiger partial charge in [0.05, 0.1) is 6.61 Å². The number of rotatable bonds is 1. The Hall–Kier alpha value is -0.0800. The number of hydrogen-bond acceptors (Lipinski definition) is 2. The maximum atomic E-state index is 8.77. The maximum Gasteiger partial charge on any atom is 0.0587 e. The maximum absolute atomic E-state index is 8.77. The van der Waals surface area contributed by atoms with E-state index in [1.807, 2.05) is 0 Å². The molecule has 2 heteroatoms. The van der Waals surface area contributed by atoms with Gasteiger partial charge in [-0.15, -0.1) is 0 Å². The molecule has 0 heterocycles. The largest absolute Gasteiger partial charge is 0.395 e. The van der Waals surface area contributed by atoms with E-state index in [-0.39, 0.29) is 0 Å². The van der Waals surface area contributed by atoms with Crippen LogP contribution in [-0.2, 0) is 0 Å². The third-order valence-corrected chi connectivity index (χ3v) is 0.938. The van der Waals surface area contributed by atoms with Gasteiger partial charge in [-0.25, -0.2) is 0 Å². The molecular weight excluding hydrogens is 102 g/mol. The number of hydrogen-bond donors (Lipinski definition) is 2. The molecule has 0 rings (SSSR count). The molecule has 0 aromatic heterocycles. The number of aliphatic hydroxyl groups excluding tert-OH is 1. The van der Waals surface area contributed by atoms with Gasteiger partial charge in [-0.2, -0.15) is 0 Å². The van der Waals surface area contributed by atoms with E-state index in [0.29, 0.717) is 0 Å². The van der Waals surface area contributed by atoms with Crippen LogP contribution in [-0.4, -0.2) is 17.8 Å². The fourth-order valence-corrected chi connectivity index (χ4v) is 0.183. The zero-order chi connectivity index (χ0) is 11.8. The van der Waals surface area contributed by atoms with Crippen molar-refractivity contribution >= 4 is 0 Å². The summed E-state index contributed by atoms with van der Waals surface area (Å²) in [7, 11) is 0. The SMILES string of the molecule is [2H]C([2H])([2H])C(C)([C@H](N)CO)C([2H])([2H])[2H]. The molecule has 0 amide bonds. The van der Waals surface area contributed by atoms with Crippen molar-refractivity contribution in [2.24, 2.45) is 11.1 Å². The van der Waals surface area contributed by atoms with Gasteiger partial charge in [-0.3, -0.25) is 0 Å². The van der Waals surface area contributed by atoms with Crippen molar-refractivity contribution in [1.82, 2.24) is 0 Å². The molecule has 0 unspecified atom stereocenters. The minimum Gasteiger partial charge on any atom is -0.395 e. The molecule has 1 atom stereocenters. The predicted molar refractivity (Wildman–Crippen MR) is 34.5 cm³/mol. The normalized spacial score (nSPS) is 30.4. The second kappa shape index (κ2) is 2.46. The van der Waals surface area contributed by atoms with Crippen LogP contribution in [0.4, 0.5) is 0 Å². The van der Waals surface area contributed by atoms with Crippen molar-refractivity contribution in [2.45, 2.75) is 26.7 Å². The lowest BCUT2D eigenvalue weighted by Gasteiger charge is -2.24. The Morgan fingerprint density at radius 3 is 2.50 bits per heavy atom. The average Bonchev–Trinajstić information content (AvgIpc) is 1.97. The first kappa shape index (κ1) is 2.27. The van der Waals surface area contributed by atoms with E-state index < -0.39 is 31.8 Å². The quantitative estimate of drug-likeness (QED) is 0.528. The minimum absolute atomic E-state index is 0.673. The molecule has 3 N–H and O–H groups in total. The van der Waals surface area contributed by atoms with Crippen molar-refractivity contribution in [3.8, 4) is 0 Å². The predicted octanol–water partition coefficient (Wildman–Crippen LogP) is 0.352. The van der Waals surface area contributed by atoms with Crippen LogP contribution in [0.15, 0.2) is 0 Å². The summed E-state index contributed by atoms with van der Waals surface area (Å²) in [5.41, 5.74) is 3.27. The lowest BCUT2D eigenvalue weighted by Crippen LogP contribution is -2.37. The topological polar surface area (TPSA) is 46.2 Å². The molecule has 0 saturated heterocycles. The molecule has 0 bridgehead atoms. The van der Waals surface area contributed by atoms with Crippen LogP contribution in [0.1, 0.15) is 28.9 Å². The molecule has 0 radical (unpaired) electrons. The molecule has 2 nitrogen and oxygen atoms in total. The molecule has 0 spiro atoms. The van der Waals surface area contributed by atoms with E-state index in [2.05, 4.69) is 0 Å². The van der Waals surface area contributed by atoms with E-state index in [0.717, 1.165) is 6.92 Å². The number of aliphatic hydroxyl groups is 1. The third kappa shape index (κ3) is 2.28. The highest BCUT2D eigenvalue weighted by Crippen LogP contribution is 2.15. The summed E-state index contributed by atoms with van der Waals surface area (Å²) >= 11 is 0. The summed E-state index contributed by atoms with van der Waals surface area (Å²) in [6.45, 7) is -5.10. The monoisotopic (exact) mass is 123 g/mol. The highest BCUT2D eigenvalue weighted by Gasteiger charge is 2.18. The zero-order valence-electron chi connectivity index (χ0n) is 10.8. The summed E-state index contributed by atoms with van der Waals surface area (Å²) in [5.74, 6) is 0. The van der Waals surface area contributed by atoms with E-state index in [9.17, 15) is 0 Å². The first-order chi connectivity index (χ1) is 5.98. The minimum atomic E-state index is -2.74. The first-order valence-corrected chi connectivity index (χ1v) is 2.35. The molecular formula is C6H15NO. The Morgan fingerprint density at radius 2 is 2.38 bits per heavy atom. The van der Waals surface area contributed by atoms with Gasteiger partial charge in [0.1, 0.15) is 0 Å². The van der Waals surface area contributed by atoms with Crippen LogP contribution in [0.5, 0.6) is 0 Å². The molecule has 0 fully saturated rings. The zero-order valence-corrected chi connectivity index (χ0v) is 4.81. The van der Waals surface area contributed by atoms with Crippen molar-refractivity contribution in [2.75, 3.05) is 6.61 Å². The van der Waals surface area contributed by atoms with Gasteiger partial charge in [0.2, 0.25) is 0 Å². The fraction of sp³-hybridized carbons (Fsp3) is 1.00. The van der Waals surface area contributed by atoms with Gasteiger partial charge in [-0.05, 0) is 5.41 Å². The van der Waals surface area contributed by atoms with E-state index >= 15 is 0 Å². The summed E-state index contributed by atoms with van der Waals surface area (Å²) in [6.07, 6.45) is 0. The standard InChI is InChI=1S/C6H15NO/c1-6(2,3)5(7)4-8/h5,8H,4,7H2,1-3H3/t5-/m1/s1/i1D3,2D3. The molecule has 8 heavy (non-hydrogen) atoms. The van der Waals surface area contributed by atoms with Gasteiger partial charge in [-0.1, -0.05) is 20.6 Å². The summed E-state index contributed by atoms with van der Waals surface area (Å²) in [5, 5.41) is 8.77.